The van der Waals surface area contributed by atoms with E-state index in [1.54, 1.807) is 4.90 Å². The SMILES string of the molecule is COC(=O)CCN(C(=O)c1c(F)cccc1Cl)C1CCCCC1C. The fraction of sp³-hybridized carbons (Fsp3) is 0.556. The molecular weight excluding hydrogens is 333 g/mol. The minimum Gasteiger partial charge on any atom is -0.469 e. The molecule has 24 heavy (non-hydrogen) atoms. The molecule has 0 bridgehead atoms. The van der Waals surface area contributed by atoms with Crippen LogP contribution in [0.2, 0.25) is 5.02 Å². The quantitative estimate of drug-likeness (QED) is 0.748. The van der Waals surface area contributed by atoms with Crippen molar-refractivity contribution in [1.82, 2.24) is 4.90 Å². The van der Waals surface area contributed by atoms with E-state index < -0.39 is 17.7 Å². The molecule has 2 rings (SSSR count). The summed E-state index contributed by atoms with van der Waals surface area (Å²) in [6.07, 6.45) is 4.08. The van der Waals surface area contributed by atoms with Crippen LogP contribution in [0.3, 0.4) is 0 Å². The lowest BCUT2D eigenvalue weighted by Gasteiger charge is -2.38. The number of nitrogens with zero attached hydrogens (tertiary/aromatic N) is 1. The molecule has 0 spiro atoms. The largest absolute Gasteiger partial charge is 0.469 e. The standard InChI is InChI=1S/C18H23ClFNO3/c1-12-6-3-4-9-15(12)21(11-10-16(22)24-2)18(23)17-13(19)7-5-8-14(17)20/h5,7-8,12,15H,3-4,6,9-11H2,1-2H3. The van der Waals surface area contributed by atoms with Crippen LogP contribution in [0.25, 0.3) is 0 Å². The molecule has 1 fully saturated rings. The third-order valence-electron chi connectivity index (χ3n) is 4.69. The molecule has 1 saturated carbocycles. The number of rotatable bonds is 5. The van der Waals surface area contributed by atoms with Gasteiger partial charge in [0.2, 0.25) is 0 Å². The number of amides is 1. The zero-order chi connectivity index (χ0) is 17.7. The molecule has 0 aliphatic heterocycles. The molecule has 0 aromatic heterocycles. The van der Waals surface area contributed by atoms with Gasteiger partial charge in [-0.15, -0.1) is 0 Å². The van der Waals surface area contributed by atoms with Gasteiger partial charge in [-0.3, -0.25) is 9.59 Å². The van der Waals surface area contributed by atoms with Crippen LogP contribution in [-0.4, -0.2) is 36.5 Å². The number of hydrogen-bond acceptors (Lipinski definition) is 3. The molecule has 2 unspecified atom stereocenters. The van der Waals surface area contributed by atoms with E-state index in [-0.39, 0.29) is 29.6 Å². The van der Waals surface area contributed by atoms with Crippen molar-refractivity contribution < 1.29 is 18.7 Å². The molecule has 1 amide bonds. The van der Waals surface area contributed by atoms with Gasteiger partial charge >= 0.3 is 5.97 Å². The first-order chi connectivity index (χ1) is 11.5. The molecule has 1 aliphatic carbocycles. The number of esters is 1. The maximum Gasteiger partial charge on any atom is 0.307 e. The number of halogens is 2. The minimum absolute atomic E-state index is 0.0217. The van der Waals surface area contributed by atoms with Crippen LogP contribution in [0.15, 0.2) is 18.2 Å². The van der Waals surface area contributed by atoms with Crippen LogP contribution in [0, 0.1) is 11.7 Å². The van der Waals surface area contributed by atoms with Crippen LogP contribution in [-0.2, 0) is 9.53 Å². The molecule has 2 atom stereocenters. The minimum atomic E-state index is -0.640. The number of hydrogen-bond donors (Lipinski definition) is 0. The number of ether oxygens (including phenoxy) is 1. The van der Waals surface area contributed by atoms with Crippen LogP contribution in [0.5, 0.6) is 0 Å². The van der Waals surface area contributed by atoms with E-state index in [4.69, 9.17) is 11.6 Å². The van der Waals surface area contributed by atoms with Crippen molar-refractivity contribution in [3.63, 3.8) is 0 Å². The lowest BCUT2D eigenvalue weighted by Crippen LogP contribution is -2.46. The first-order valence-electron chi connectivity index (χ1n) is 8.27. The number of methoxy groups -OCH3 is 1. The molecule has 1 aromatic carbocycles. The monoisotopic (exact) mass is 355 g/mol. The second kappa shape index (κ2) is 8.47. The molecular formula is C18H23ClFNO3. The van der Waals surface area contributed by atoms with Gasteiger partial charge in [-0.25, -0.2) is 4.39 Å². The Morgan fingerprint density at radius 3 is 2.67 bits per heavy atom. The van der Waals surface area contributed by atoms with E-state index in [1.165, 1.54) is 25.3 Å². The van der Waals surface area contributed by atoms with Crippen LogP contribution in [0.1, 0.15) is 49.4 Å². The lowest BCUT2D eigenvalue weighted by atomic mass is 9.84. The lowest BCUT2D eigenvalue weighted by molar-refractivity contribution is -0.141. The summed E-state index contributed by atoms with van der Waals surface area (Å²) in [5.41, 5.74) is -0.123. The first kappa shape index (κ1) is 18.7. The maximum absolute atomic E-state index is 14.2. The summed E-state index contributed by atoms with van der Waals surface area (Å²) in [7, 11) is 1.31. The normalized spacial score (nSPS) is 20.5. The molecule has 6 heteroatoms. The summed E-state index contributed by atoms with van der Waals surface area (Å²) in [6, 6.07) is 4.17. The highest BCUT2D eigenvalue weighted by Crippen LogP contribution is 2.31. The summed E-state index contributed by atoms with van der Waals surface area (Å²) in [6.45, 7) is 2.29. The van der Waals surface area contributed by atoms with Crippen molar-refractivity contribution in [1.29, 1.82) is 0 Å². The number of benzene rings is 1. The smallest absolute Gasteiger partial charge is 0.307 e. The zero-order valence-corrected chi connectivity index (χ0v) is 14.8. The summed E-state index contributed by atoms with van der Waals surface area (Å²) in [5.74, 6) is -1.19. The van der Waals surface area contributed by atoms with E-state index in [2.05, 4.69) is 11.7 Å². The third kappa shape index (κ3) is 4.26. The van der Waals surface area contributed by atoms with Crippen molar-refractivity contribution >= 4 is 23.5 Å². The summed E-state index contributed by atoms with van der Waals surface area (Å²) >= 11 is 6.05. The highest BCUT2D eigenvalue weighted by Gasteiger charge is 2.33. The van der Waals surface area contributed by atoms with Gasteiger partial charge in [-0.05, 0) is 30.9 Å². The molecule has 132 valence electrons. The van der Waals surface area contributed by atoms with Crippen LogP contribution in [0.4, 0.5) is 4.39 Å². The highest BCUT2D eigenvalue weighted by atomic mass is 35.5. The Balaban J connectivity index is 2.30. The predicted molar refractivity (Wildman–Crippen MR) is 90.5 cm³/mol. The Bertz CT molecular complexity index is 588. The average molecular weight is 356 g/mol. The molecule has 0 heterocycles. The van der Waals surface area contributed by atoms with Gasteiger partial charge in [0.05, 0.1) is 24.1 Å². The van der Waals surface area contributed by atoms with Crippen molar-refractivity contribution in [2.75, 3.05) is 13.7 Å². The van der Waals surface area contributed by atoms with Gasteiger partial charge in [0, 0.05) is 12.6 Å². The van der Waals surface area contributed by atoms with Gasteiger partial charge in [-0.2, -0.15) is 0 Å². The van der Waals surface area contributed by atoms with E-state index >= 15 is 0 Å². The molecule has 1 aliphatic rings. The van der Waals surface area contributed by atoms with Gasteiger partial charge in [0.1, 0.15) is 5.82 Å². The van der Waals surface area contributed by atoms with Gasteiger partial charge < -0.3 is 9.64 Å². The van der Waals surface area contributed by atoms with E-state index in [0.29, 0.717) is 5.92 Å². The Morgan fingerprint density at radius 1 is 1.33 bits per heavy atom. The number of carbonyl (C=O) groups is 2. The summed E-state index contributed by atoms with van der Waals surface area (Å²) in [5, 5.41) is 0.0894. The van der Waals surface area contributed by atoms with Gasteiger partial charge in [0.25, 0.3) is 5.91 Å². The van der Waals surface area contributed by atoms with E-state index in [0.717, 1.165) is 25.7 Å². The van der Waals surface area contributed by atoms with E-state index in [9.17, 15) is 14.0 Å². The predicted octanol–water partition coefficient (Wildman–Crippen LogP) is 4.06. The molecule has 4 nitrogen and oxygen atoms in total. The molecule has 0 radical (unpaired) electrons. The molecule has 0 N–H and O–H groups in total. The second-order valence-electron chi connectivity index (χ2n) is 6.25. The first-order valence-corrected chi connectivity index (χ1v) is 8.65. The summed E-state index contributed by atoms with van der Waals surface area (Å²) < 4.78 is 18.8. The van der Waals surface area contributed by atoms with Crippen molar-refractivity contribution in [3.8, 4) is 0 Å². The van der Waals surface area contributed by atoms with Gasteiger partial charge in [0.15, 0.2) is 0 Å². The molecule has 1 aromatic rings. The summed E-state index contributed by atoms with van der Waals surface area (Å²) in [4.78, 5) is 26.1. The number of carbonyl (C=O) groups excluding carboxylic acids is 2. The Kier molecular flexibility index (Phi) is 6.60. The Morgan fingerprint density at radius 2 is 2.04 bits per heavy atom. The third-order valence-corrected chi connectivity index (χ3v) is 5.00. The van der Waals surface area contributed by atoms with Gasteiger partial charge in [-0.1, -0.05) is 37.4 Å². The highest BCUT2D eigenvalue weighted by molar-refractivity contribution is 6.33. The van der Waals surface area contributed by atoms with Crippen molar-refractivity contribution in [2.45, 2.75) is 45.1 Å². The van der Waals surface area contributed by atoms with Crippen LogP contribution >= 0.6 is 11.6 Å². The van der Waals surface area contributed by atoms with Crippen LogP contribution < -0.4 is 0 Å². The second-order valence-corrected chi connectivity index (χ2v) is 6.66. The average Bonchev–Trinajstić information content (AvgIpc) is 2.56. The topological polar surface area (TPSA) is 46.6 Å². The zero-order valence-electron chi connectivity index (χ0n) is 14.1. The maximum atomic E-state index is 14.2. The van der Waals surface area contributed by atoms with Crippen molar-refractivity contribution in [3.05, 3.63) is 34.6 Å². The fourth-order valence-corrected chi connectivity index (χ4v) is 3.58. The van der Waals surface area contributed by atoms with E-state index in [1.807, 2.05) is 0 Å². The fourth-order valence-electron chi connectivity index (χ4n) is 3.34. The molecule has 0 saturated heterocycles. The Hall–Kier alpha value is -1.62. The van der Waals surface area contributed by atoms with Crippen molar-refractivity contribution in [2.24, 2.45) is 5.92 Å². The Labute approximate surface area is 146 Å².